The molecule has 1 unspecified atom stereocenters. The molecule has 0 spiro atoms. The molecule has 1 atom stereocenters. The summed E-state index contributed by atoms with van der Waals surface area (Å²) in [6.07, 6.45) is 1.72. The van der Waals surface area contributed by atoms with Gasteiger partial charge in [0, 0.05) is 13.0 Å². The van der Waals surface area contributed by atoms with Crippen molar-refractivity contribution in [2.24, 2.45) is 0 Å². The van der Waals surface area contributed by atoms with Crippen LogP contribution in [-0.2, 0) is 19.4 Å². The fourth-order valence-corrected chi connectivity index (χ4v) is 3.32. The number of halogens is 2. The maximum Gasteiger partial charge on any atom is 0.193 e. The van der Waals surface area contributed by atoms with Crippen molar-refractivity contribution in [2.45, 2.75) is 46.2 Å². The molecule has 4 nitrogen and oxygen atoms in total. The third-order valence-electron chi connectivity index (χ3n) is 3.48. The summed E-state index contributed by atoms with van der Waals surface area (Å²) in [6.45, 7) is 8.02. The lowest BCUT2D eigenvalue weighted by atomic mass is 10.1. The number of nitrogens with zero attached hydrogens (tertiary/aromatic N) is 2. The fourth-order valence-electron chi connectivity index (χ4n) is 2.44. The van der Waals surface area contributed by atoms with Gasteiger partial charge in [-0.2, -0.15) is 5.10 Å². The Hall–Kier alpha value is -0.780. The van der Waals surface area contributed by atoms with Gasteiger partial charge < -0.3 is 9.73 Å². The molecule has 0 fully saturated rings. The van der Waals surface area contributed by atoms with Gasteiger partial charge in [0.1, 0.15) is 5.76 Å². The SMILES string of the molecule is CCNC(Cc1c(Br)c(CC)nn1CC)c1ccc(Cl)o1. The van der Waals surface area contributed by atoms with Crippen LogP contribution in [0.4, 0.5) is 0 Å². The number of furan rings is 1. The van der Waals surface area contributed by atoms with Crippen LogP contribution in [0.3, 0.4) is 0 Å². The van der Waals surface area contributed by atoms with Crippen molar-refractivity contribution in [3.05, 3.63) is 39.0 Å². The number of aromatic nitrogens is 2. The molecule has 0 saturated heterocycles. The second-order valence-corrected chi connectivity index (χ2v) is 6.00. The van der Waals surface area contributed by atoms with Crippen LogP contribution in [0.2, 0.25) is 5.22 Å². The fraction of sp³-hybridized carbons (Fsp3) is 0.533. The average Bonchev–Trinajstić information content (AvgIpc) is 3.03. The van der Waals surface area contributed by atoms with Crippen LogP contribution < -0.4 is 5.32 Å². The number of hydrogen-bond acceptors (Lipinski definition) is 3. The van der Waals surface area contributed by atoms with E-state index in [-0.39, 0.29) is 6.04 Å². The Morgan fingerprint density at radius 2 is 2.14 bits per heavy atom. The molecule has 0 aromatic carbocycles. The molecule has 2 aromatic heterocycles. The van der Waals surface area contributed by atoms with Crippen molar-refractivity contribution in [1.82, 2.24) is 15.1 Å². The van der Waals surface area contributed by atoms with Gasteiger partial charge in [0.15, 0.2) is 5.22 Å². The summed E-state index contributed by atoms with van der Waals surface area (Å²) in [7, 11) is 0. The van der Waals surface area contributed by atoms with E-state index in [9.17, 15) is 0 Å². The molecule has 21 heavy (non-hydrogen) atoms. The number of rotatable bonds is 7. The van der Waals surface area contributed by atoms with Crippen molar-refractivity contribution < 1.29 is 4.42 Å². The molecular weight excluding hydrogens is 354 g/mol. The lowest BCUT2D eigenvalue weighted by Gasteiger charge is -2.16. The topological polar surface area (TPSA) is 43.0 Å². The van der Waals surface area contributed by atoms with E-state index in [4.69, 9.17) is 16.0 Å². The molecule has 0 radical (unpaired) electrons. The maximum atomic E-state index is 5.90. The molecule has 116 valence electrons. The predicted molar refractivity (Wildman–Crippen MR) is 88.8 cm³/mol. The second kappa shape index (κ2) is 7.47. The van der Waals surface area contributed by atoms with Crippen LogP contribution >= 0.6 is 27.5 Å². The van der Waals surface area contributed by atoms with E-state index in [1.807, 2.05) is 6.07 Å². The Bertz CT molecular complexity index is 594. The second-order valence-electron chi connectivity index (χ2n) is 4.83. The van der Waals surface area contributed by atoms with Crippen molar-refractivity contribution >= 4 is 27.5 Å². The molecule has 0 aliphatic rings. The smallest absolute Gasteiger partial charge is 0.193 e. The minimum Gasteiger partial charge on any atom is -0.448 e. The molecule has 2 heterocycles. The molecule has 0 amide bonds. The van der Waals surface area contributed by atoms with E-state index in [0.717, 1.165) is 41.9 Å². The van der Waals surface area contributed by atoms with Crippen LogP contribution in [0.1, 0.15) is 44.0 Å². The highest BCUT2D eigenvalue weighted by molar-refractivity contribution is 9.10. The maximum absolute atomic E-state index is 5.90. The largest absolute Gasteiger partial charge is 0.448 e. The van der Waals surface area contributed by atoms with Gasteiger partial charge in [-0.15, -0.1) is 0 Å². The number of hydrogen-bond donors (Lipinski definition) is 1. The minimum atomic E-state index is 0.0884. The van der Waals surface area contributed by atoms with E-state index in [0.29, 0.717) is 5.22 Å². The Balaban J connectivity index is 2.30. The quantitative estimate of drug-likeness (QED) is 0.782. The molecule has 0 saturated carbocycles. The van der Waals surface area contributed by atoms with Gasteiger partial charge >= 0.3 is 0 Å². The molecular formula is C15H21BrClN3O. The Morgan fingerprint density at radius 3 is 2.67 bits per heavy atom. The van der Waals surface area contributed by atoms with Crippen molar-refractivity contribution in [3.8, 4) is 0 Å². The van der Waals surface area contributed by atoms with Crippen LogP contribution in [0, 0.1) is 0 Å². The summed E-state index contributed by atoms with van der Waals surface area (Å²) in [5.74, 6) is 0.857. The average molecular weight is 375 g/mol. The third kappa shape index (κ3) is 3.71. The summed E-state index contributed by atoms with van der Waals surface area (Å²) < 4.78 is 8.73. The molecule has 2 aromatic rings. The Kier molecular flexibility index (Phi) is 5.90. The van der Waals surface area contributed by atoms with E-state index in [2.05, 4.69) is 51.8 Å². The van der Waals surface area contributed by atoms with Crippen LogP contribution in [0.15, 0.2) is 21.0 Å². The Morgan fingerprint density at radius 1 is 1.38 bits per heavy atom. The molecule has 2 rings (SSSR count). The number of likely N-dealkylation sites (N-methyl/N-ethyl adjacent to an activating group) is 1. The van der Waals surface area contributed by atoms with Crippen LogP contribution in [0.5, 0.6) is 0 Å². The minimum absolute atomic E-state index is 0.0884. The first-order valence-corrected chi connectivity index (χ1v) is 8.50. The van der Waals surface area contributed by atoms with Gasteiger partial charge in [0.2, 0.25) is 0 Å². The normalized spacial score (nSPS) is 12.8. The van der Waals surface area contributed by atoms with Crippen molar-refractivity contribution in [2.75, 3.05) is 6.54 Å². The van der Waals surface area contributed by atoms with Gasteiger partial charge in [-0.05, 0) is 59.6 Å². The van der Waals surface area contributed by atoms with Crippen molar-refractivity contribution in [1.29, 1.82) is 0 Å². The summed E-state index contributed by atoms with van der Waals surface area (Å²) in [5.41, 5.74) is 2.28. The molecule has 0 aliphatic carbocycles. The number of aryl methyl sites for hydroxylation is 2. The van der Waals surface area contributed by atoms with Gasteiger partial charge in [-0.25, -0.2) is 0 Å². The standard InChI is InChI=1S/C15H21BrClN3O/c1-4-10-15(16)12(20(6-3)19-10)9-11(18-5-2)13-7-8-14(17)21-13/h7-8,11,18H,4-6,9H2,1-3H3. The highest BCUT2D eigenvalue weighted by atomic mass is 79.9. The third-order valence-corrected chi connectivity index (χ3v) is 4.60. The summed E-state index contributed by atoms with van der Waals surface area (Å²) in [4.78, 5) is 0. The molecule has 1 N–H and O–H groups in total. The first kappa shape index (κ1) is 16.6. The zero-order chi connectivity index (χ0) is 15.4. The summed E-state index contributed by atoms with van der Waals surface area (Å²) in [6, 6.07) is 3.80. The lowest BCUT2D eigenvalue weighted by Crippen LogP contribution is -2.23. The van der Waals surface area contributed by atoms with E-state index < -0.39 is 0 Å². The zero-order valence-corrected chi connectivity index (χ0v) is 15.0. The zero-order valence-electron chi connectivity index (χ0n) is 12.6. The Labute approximate surface area is 139 Å². The van der Waals surface area contributed by atoms with Crippen molar-refractivity contribution in [3.63, 3.8) is 0 Å². The molecule has 0 aliphatic heterocycles. The highest BCUT2D eigenvalue weighted by Gasteiger charge is 2.21. The van der Waals surface area contributed by atoms with Crippen LogP contribution in [-0.4, -0.2) is 16.3 Å². The van der Waals surface area contributed by atoms with E-state index >= 15 is 0 Å². The van der Waals surface area contributed by atoms with Gasteiger partial charge in [-0.1, -0.05) is 13.8 Å². The molecule has 6 heteroatoms. The first-order valence-electron chi connectivity index (χ1n) is 7.33. The van der Waals surface area contributed by atoms with Gasteiger partial charge in [-0.3, -0.25) is 4.68 Å². The first-order chi connectivity index (χ1) is 10.1. The monoisotopic (exact) mass is 373 g/mol. The number of nitrogens with one attached hydrogen (secondary N) is 1. The van der Waals surface area contributed by atoms with Crippen LogP contribution in [0.25, 0.3) is 0 Å². The van der Waals surface area contributed by atoms with E-state index in [1.165, 1.54) is 5.69 Å². The summed E-state index contributed by atoms with van der Waals surface area (Å²) >= 11 is 9.60. The molecule has 0 bridgehead atoms. The van der Waals surface area contributed by atoms with E-state index in [1.54, 1.807) is 6.07 Å². The van der Waals surface area contributed by atoms with Gasteiger partial charge in [0.05, 0.1) is 21.9 Å². The predicted octanol–water partition coefficient (Wildman–Crippen LogP) is 4.37. The highest BCUT2D eigenvalue weighted by Crippen LogP contribution is 2.29. The summed E-state index contributed by atoms with van der Waals surface area (Å²) in [5, 5.41) is 8.52. The lowest BCUT2D eigenvalue weighted by molar-refractivity contribution is 0.409. The van der Waals surface area contributed by atoms with Gasteiger partial charge in [0.25, 0.3) is 0 Å².